The Hall–Kier alpha value is -1.87. The number of para-hydroxylation sites is 1. The Morgan fingerprint density at radius 3 is 2.50 bits per heavy atom. The van der Waals surface area contributed by atoms with Gasteiger partial charge in [-0.1, -0.05) is 24.4 Å². The molecular weight excluding hydrogens is 302 g/mol. The third-order valence-corrected chi connectivity index (χ3v) is 3.14. The Morgan fingerprint density at radius 1 is 1.35 bits per heavy atom. The molecule has 0 unspecified atom stereocenters. The van der Waals surface area contributed by atoms with Crippen LogP contribution in [0, 0.1) is 0 Å². The highest BCUT2D eigenvalue weighted by Crippen LogP contribution is 2.15. The van der Waals surface area contributed by atoms with E-state index in [0.717, 1.165) is 0 Å². The van der Waals surface area contributed by atoms with E-state index in [1.807, 2.05) is 0 Å². The monoisotopic (exact) mass is 317 g/mol. The number of nitrogens with two attached hydrogens (primary N) is 1. The molecule has 1 rings (SSSR count). The van der Waals surface area contributed by atoms with E-state index in [-0.39, 0.29) is 10.7 Å². The summed E-state index contributed by atoms with van der Waals surface area (Å²) in [6.45, 7) is 3.20. The molecule has 0 atom stereocenters. The Labute approximate surface area is 122 Å². The maximum atomic E-state index is 11.8. The summed E-state index contributed by atoms with van der Waals surface area (Å²) in [5.41, 5.74) is 6.01. The molecule has 1 amide bonds. The van der Waals surface area contributed by atoms with Crippen molar-refractivity contribution in [2.45, 2.75) is 20.0 Å². The highest BCUT2D eigenvalue weighted by molar-refractivity contribution is 7.91. The second-order valence-electron chi connectivity index (χ2n) is 4.07. The van der Waals surface area contributed by atoms with Crippen LogP contribution in [0.1, 0.15) is 19.4 Å². The number of carbonyl (C=O) groups excluding carboxylic acids is 1. The van der Waals surface area contributed by atoms with Gasteiger partial charge < -0.3 is 10.5 Å². The standard InChI is InChI=1S/C11H15N3O4S2/c1-7(2)18-11(15)14-20(16,17)13-9-6-4-3-5-8(9)10(12)19/h3-7,13H,1-2H3,(H2,12,19)(H,14,15). The van der Waals surface area contributed by atoms with Gasteiger partial charge in [0.05, 0.1) is 11.8 Å². The third kappa shape index (κ3) is 5.02. The molecule has 0 aliphatic rings. The first-order chi connectivity index (χ1) is 9.21. The van der Waals surface area contributed by atoms with E-state index in [9.17, 15) is 13.2 Å². The summed E-state index contributed by atoms with van der Waals surface area (Å²) in [5, 5.41) is 0. The fourth-order valence-electron chi connectivity index (χ4n) is 1.31. The fourth-order valence-corrected chi connectivity index (χ4v) is 2.27. The number of thiocarbonyl (C=S) groups is 1. The summed E-state index contributed by atoms with van der Waals surface area (Å²) in [7, 11) is -4.13. The molecule has 110 valence electrons. The molecule has 1 aromatic carbocycles. The largest absolute Gasteiger partial charge is 0.446 e. The molecule has 0 saturated carbocycles. The molecule has 9 heteroatoms. The second-order valence-corrected chi connectivity index (χ2v) is 5.93. The average molecular weight is 317 g/mol. The van der Waals surface area contributed by atoms with E-state index >= 15 is 0 Å². The van der Waals surface area contributed by atoms with E-state index < -0.39 is 22.4 Å². The summed E-state index contributed by atoms with van der Waals surface area (Å²) in [6.07, 6.45) is -1.51. The number of benzene rings is 1. The van der Waals surface area contributed by atoms with Crippen molar-refractivity contribution in [1.29, 1.82) is 0 Å². The molecule has 0 fully saturated rings. The van der Waals surface area contributed by atoms with Crippen LogP contribution in [0.3, 0.4) is 0 Å². The molecule has 0 aliphatic carbocycles. The summed E-state index contributed by atoms with van der Waals surface area (Å²) >= 11 is 4.81. The fraction of sp³-hybridized carbons (Fsp3) is 0.273. The van der Waals surface area contributed by atoms with Gasteiger partial charge in [-0.3, -0.25) is 4.72 Å². The summed E-state index contributed by atoms with van der Waals surface area (Å²) in [4.78, 5) is 11.3. The lowest BCUT2D eigenvalue weighted by molar-refractivity contribution is 0.121. The van der Waals surface area contributed by atoms with E-state index in [4.69, 9.17) is 18.0 Å². The Bertz CT molecular complexity index is 614. The number of hydrogen-bond acceptors (Lipinski definition) is 5. The van der Waals surface area contributed by atoms with E-state index in [1.165, 1.54) is 6.07 Å². The topological polar surface area (TPSA) is 111 Å². The van der Waals surface area contributed by atoms with Crippen LogP contribution in [-0.2, 0) is 14.9 Å². The van der Waals surface area contributed by atoms with Gasteiger partial charge in [-0.2, -0.15) is 8.42 Å². The number of amides is 1. The minimum atomic E-state index is -4.13. The second kappa shape index (κ2) is 6.53. The van der Waals surface area contributed by atoms with Crippen molar-refractivity contribution < 1.29 is 17.9 Å². The SMILES string of the molecule is CC(C)OC(=O)NS(=O)(=O)Nc1ccccc1C(N)=S. The molecule has 0 heterocycles. The lowest BCUT2D eigenvalue weighted by Crippen LogP contribution is -2.37. The van der Waals surface area contributed by atoms with Crippen LogP contribution in [0.2, 0.25) is 0 Å². The molecule has 1 aromatic rings. The van der Waals surface area contributed by atoms with Crippen molar-refractivity contribution in [1.82, 2.24) is 4.72 Å². The molecule has 4 N–H and O–H groups in total. The van der Waals surface area contributed by atoms with Crippen molar-refractivity contribution in [3.8, 4) is 0 Å². The molecular formula is C11H15N3O4S2. The van der Waals surface area contributed by atoms with Gasteiger partial charge in [0.2, 0.25) is 0 Å². The van der Waals surface area contributed by atoms with E-state index in [1.54, 1.807) is 36.8 Å². The van der Waals surface area contributed by atoms with Crippen LogP contribution in [0.4, 0.5) is 10.5 Å². The van der Waals surface area contributed by atoms with Gasteiger partial charge >= 0.3 is 16.3 Å². The van der Waals surface area contributed by atoms with Gasteiger partial charge in [-0.05, 0) is 26.0 Å². The van der Waals surface area contributed by atoms with Gasteiger partial charge in [0.1, 0.15) is 4.99 Å². The predicted octanol–water partition coefficient (Wildman–Crippen LogP) is 1.11. The van der Waals surface area contributed by atoms with E-state index in [0.29, 0.717) is 5.56 Å². The smallest absolute Gasteiger partial charge is 0.422 e. The van der Waals surface area contributed by atoms with Crippen LogP contribution in [0.5, 0.6) is 0 Å². The van der Waals surface area contributed by atoms with Crippen LogP contribution in [0.25, 0.3) is 0 Å². The lowest BCUT2D eigenvalue weighted by atomic mass is 10.2. The molecule has 0 bridgehead atoms. The molecule has 0 radical (unpaired) electrons. The lowest BCUT2D eigenvalue weighted by Gasteiger charge is -2.13. The molecule has 7 nitrogen and oxygen atoms in total. The number of nitrogens with one attached hydrogen (secondary N) is 2. The molecule has 0 aromatic heterocycles. The van der Waals surface area contributed by atoms with Gasteiger partial charge in [-0.25, -0.2) is 9.52 Å². The minimum Gasteiger partial charge on any atom is -0.446 e. The zero-order chi connectivity index (χ0) is 15.3. The maximum absolute atomic E-state index is 11.8. The van der Waals surface area contributed by atoms with Crippen molar-refractivity contribution in [2.75, 3.05) is 4.72 Å². The third-order valence-electron chi connectivity index (χ3n) is 2.00. The number of carbonyl (C=O) groups is 1. The molecule has 0 spiro atoms. The van der Waals surface area contributed by atoms with Crippen molar-refractivity contribution in [3.05, 3.63) is 29.8 Å². The van der Waals surface area contributed by atoms with Crippen molar-refractivity contribution in [2.24, 2.45) is 5.73 Å². The Balaban J connectivity index is 2.87. The number of ether oxygens (including phenoxy) is 1. The number of anilines is 1. The van der Waals surface area contributed by atoms with Crippen LogP contribution >= 0.6 is 12.2 Å². The first kappa shape index (κ1) is 16.2. The zero-order valence-corrected chi connectivity index (χ0v) is 12.5. The number of hydrogen-bond donors (Lipinski definition) is 3. The quantitative estimate of drug-likeness (QED) is 0.702. The summed E-state index contributed by atoms with van der Waals surface area (Å²) in [5.74, 6) is 0. The van der Waals surface area contributed by atoms with Gasteiger partial charge in [0, 0.05) is 5.56 Å². The number of rotatable bonds is 5. The molecule has 0 aliphatic heterocycles. The van der Waals surface area contributed by atoms with Gasteiger partial charge in [-0.15, -0.1) is 0 Å². The van der Waals surface area contributed by atoms with Gasteiger partial charge in [0.15, 0.2) is 0 Å². The summed E-state index contributed by atoms with van der Waals surface area (Å²) < 4.78 is 32.1. The van der Waals surface area contributed by atoms with Gasteiger partial charge in [0.25, 0.3) is 0 Å². The van der Waals surface area contributed by atoms with Crippen molar-refractivity contribution in [3.63, 3.8) is 0 Å². The average Bonchev–Trinajstić information content (AvgIpc) is 2.26. The normalized spacial score (nSPS) is 10.9. The molecule has 0 saturated heterocycles. The first-order valence-corrected chi connectivity index (χ1v) is 7.50. The highest BCUT2D eigenvalue weighted by Gasteiger charge is 2.18. The van der Waals surface area contributed by atoms with Crippen LogP contribution in [-0.4, -0.2) is 25.6 Å². The summed E-state index contributed by atoms with van der Waals surface area (Å²) in [6, 6.07) is 6.30. The van der Waals surface area contributed by atoms with Crippen LogP contribution in [0.15, 0.2) is 24.3 Å². The predicted molar refractivity (Wildman–Crippen MR) is 79.6 cm³/mol. The Morgan fingerprint density at radius 2 is 1.95 bits per heavy atom. The Kier molecular flexibility index (Phi) is 5.28. The highest BCUT2D eigenvalue weighted by atomic mass is 32.2. The van der Waals surface area contributed by atoms with E-state index in [2.05, 4.69) is 9.46 Å². The first-order valence-electron chi connectivity index (χ1n) is 5.61. The maximum Gasteiger partial charge on any atom is 0.422 e. The zero-order valence-electron chi connectivity index (χ0n) is 10.9. The van der Waals surface area contributed by atoms with Crippen LogP contribution < -0.4 is 15.2 Å². The molecule has 20 heavy (non-hydrogen) atoms. The minimum absolute atomic E-state index is 0.0352. The van der Waals surface area contributed by atoms with Crippen molar-refractivity contribution >= 4 is 39.2 Å².